The normalized spacial score (nSPS) is 20.4. The Morgan fingerprint density at radius 2 is 2.27 bits per heavy atom. The Hall–Kier alpha value is -2.50. The smallest absolute Gasteiger partial charge is 0.264 e. The van der Waals surface area contributed by atoms with Crippen molar-refractivity contribution in [3.63, 3.8) is 0 Å². The van der Waals surface area contributed by atoms with Crippen LogP contribution in [0.1, 0.15) is 37.5 Å². The van der Waals surface area contributed by atoms with Crippen LogP contribution < -0.4 is 5.56 Å². The van der Waals surface area contributed by atoms with Crippen molar-refractivity contribution < 1.29 is 4.52 Å². The monoisotopic (exact) mass is 371 g/mol. The zero-order valence-corrected chi connectivity index (χ0v) is 15.1. The molecule has 0 spiro atoms. The number of benzene rings is 1. The Labute approximate surface area is 154 Å². The van der Waals surface area contributed by atoms with Gasteiger partial charge in [-0.1, -0.05) is 40.8 Å². The lowest BCUT2D eigenvalue weighted by Gasteiger charge is -2.30. The van der Waals surface area contributed by atoms with Gasteiger partial charge in [-0.3, -0.25) is 4.79 Å². The van der Waals surface area contributed by atoms with Gasteiger partial charge >= 0.3 is 0 Å². The van der Waals surface area contributed by atoms with Crippen LogP contribution in [0.3, 0.4) is 0 Å². The molecule has 7 nitrogen and oxygen atoms in total. The van der Waals surface area contributed by atoms with E-state index in [9.17, 15) is 4.79 Å². The molecule has 0 saturated heterocycles. The van der Waals surface area contributed by atoms with E-state index in [2.05, 4.69) is 15.2 Å². The van der Waals surface area contributed by atoms with E-state index in [1.54, 1.807) is 13.0 Å². The SMILES string of the molecule is Cc1onc2c1c(=O)n([C@H]1CCC[C@@H](CN=[N+]=[N-])C1)c1cccc(Cl)c21. The topological polar surface area (TPSA) is 96.8 Å². The van der Waals surface area contributed by atoms with Gasteiger partial charge in [0.25, 0.3) is 5.56 Å². The fraction of sp³-hybridized carbons (Fsp3) is 0.444. The summed E-state index contributed by atoms with van der Waals surface area (Å²) < 4.78 is 7.14. The first-order chi connectivity index (χ1) is 12.6. The van der Waals surface area contributed by atoms with Crippen molar-refractivity contribution in [2.24, 2.45) is 11.0 Å². The Morgan fingerprint density at radius 3 is 3.08 bits per heavy atom. The van der Waals surface area contributed by atoms with Crippen LogP contribution in [-0.2, 0) is 0 Å². The second-order valence-electron chi connectivity index (χ2n) is 6.87. The fourth-order valence-corrected chi connectivity index (χ4v) is 4.41. The van der Waals surface area contributed by atoms with Crippen LogP contribution in [0.4, 0.5) is 0 Å². The number of halogens is 1. The Morgan fingerprint density at radius 1 is 1.42 bits per heavy atom. The van der Waals surface area contributed by atoms with Crippen molar-refractivity contribution in [2.45, 2.75) is 38.6 Å². The summed E-state index contributed by atoms with van der Waals surface area (Å²) in [6.45, 7) is 2.21. The number of aromatic nitrogens is 2. The molecule has 1 aromatic carbocycles. The molecule has 1 aliphatic rings. The zero-order valence-electron chi connectivity index (χ0n) is 14.4. The highest BCUT2D eigenvalue weighted by molar-refractivity contribution is 6.37. The first-order valence-corrected chi connectivity index (χ1v) is 9.09. The van der Waals surface area contributed by atoms with Crippen LogP contribution in [0.15, 0.2) is 32.6 Å². The Bertz CT molecular complexity index is 1100. The molecular formula is C18H18ClN5O2. The molecule has 0 radical (unpaired) electrons. The second-order valence-corrected chi connectivity index (χ2v) is 7.28. The lowest BCUT2D eigenvalue weighted by atomic mass is 9.85. The van der Waals surface area contributed by atoms with Crippen molar-refractivity contribution in [1.82, 2.24) is 9.72 Å². The summed E-state index contributed by atoms with van der Waals surface area (Å²) in [6.07, 6.45) is 3.71. The van der Waals surface area contributed by atoms with E-state index in [0.717, 1.165) is 36.6 Å². The summed E-state index contributed by atoms with van der Waals surface area (Å²) in [7, 11) is 0. The molecule has 2 aromatic heterocycles. The molecule has 2 heterocycles. The van der Waals surface area contributed by atoms with Crippen molar-refractivity contribution >= 4 is 33.4 Å². The van der Waals surface area contributed by atoms with E-state index in [4.69, 9.17) is 21.7 Å². The van der Waals surface area contributed by atoms with Gasteiger partial charge in [-0.25, -0.2) is 0 Å². The molecule has 8 heteroatoms. The molecule has 134 valence electrons. The number of aryl methyl sites for hydroxylation is 1. The van der Waals surface area contributed by atoms with E-state index in [0.29, 0.717) is 28.2 Å². The van der Waals surface area contributed by atoms with Crippen LogP contribution in [0.5, 0.6) is 0 Å². The van der Waals surface area contributed by atoms with Crippen LogP contribution in [0, 0.1) is 12.8 Å². The van der Waals surface area contributed by atoms with Gasteiger partial charge in [0.15, 0.2) is 0 Å². The van der Waals surface area contributed by atoms with Gasteiger partial charge in [-0.2, -0.15) is 0 Å². The second kappa shape index (κ2) is 6.67. The summed E-state index contributed by atoms with van der Waals surface area (Å²) in [5, 5.41) is 9.60. The molecule has 0 N–H and O–H groups in total. The molecule has 1 fully saturated rings. The highest BCUT2D eigenvalue weighted by Crippen LogP contribution is 2.37. The molecule has 0 bridgehead atoms. The van der Waals surface area contributed by atoms with Crippen LogP contribution in [-0.4, -0.2) is 16.3 Å². The zero-order chi connectivity index (χ0) is 18.3. The fourth-order valence-electron chi connectivity index (χ4n) is 4.15. The first kappa shape index (κ1) is 16.9. The maximum atomic E-state index is 13.3. The van der Waals surface area contributed by atoms with Gasteiger partial charge in [0.1, 0.15) is 16.7 Å². The van der Waals surface area contributed by atoms with E-state index < -0.39 is 0 Å². The van der Waals surface area contributed by atoms with E-state index >= 15 is 0 Å². The van der Waals surface area contributed by atoms with Gasteiger partial charge < -0.3 is 9.09 Å². The molecule has 26 heavy (non-hydrogen) atoms. The number of nitrogens with zero attached hydrogens (tertiary/aromatic N) is 5. The predicted molar refractivity (Wildman–Crippen MR) is 101 cm³/mol. The summed E-state index contributed by atoms with van der Waals surface area (Å²) in [6, 6.07) is 5.59. The summed E-state index contributed by atoms with van der Waals surface area (Å²) >= 11 is 6.45. The van der Waals surface area contributed by atoms with Crippen molar-refractivity contribution in [3.8, 4) is 0 Å². The summed E-state index contributed by atoms with van der Waals surface area (Å²) in [5.74, 6) is 0.784. The lowest BCUT2D eigenvalue weighted by Crippen LogP contribution is -2.30. The molecule has 3 aromatic rings. The lowest BCUT2D eigenvalue weighted by molar-refractivity contribution is 0.273. The maximum Gasteiger partial charge on any atom is 0.264 e. The summed E-state index contributed by atoms with van der Waals surface area (Å²) in [4.78, 5) is 16.2. The Kier molecular flexibility index (Phi) is 4.34. The number of azide groups is 1. The van der Waals surface area contributed by atoms with Gasteiger partial charge in [0.05, 0.1) is 10.5 Å². The Balaban J connectivity index is 1.95. The molecule has 2 atom stereocenters. The van der Waals surface area contributed by atoms with E-state index in [1.807, 2.05) is 16.7 Å². The number of pyridine rings is 1. The largest absolute Gasteiger partial charge is 0.360 e. The quantitative estimate of drug-likeness (QED) is 0.362. The minimum atomic E-state index is -0.0945. The van der Waals surface area contributed by atoms with Gasteiger partial charge in [-0.05, 0) is 43.3 Å². The predicted octanol–water partition coefficient (Wildman–Crippen LogP) is 5.15. The molecule has 0 unspecified atom stereocenters. The average molecular weight is 372 g/mol. The molecule has 1 aliphatic carbocycles. The van der Waals surface area contributed by atoms with Crippen LogP contribution in [0.25, 0.3) is 32.2 Å². The maximum absolute atomic E-state index is 13.3. The number of hydrogen-bond donors (Lipinski definition) is 0. The van der Waals surface area contributed by atoms with Crippen LogP contribution in [0.2, 0.25) is 5.02 Å². The molecule has 0 aliphatic heterocycles. The number of fused-ring (bicyclic) bond motifs is 3. The minimum absolute atomic E-state index is 0.0369. The van der Waals surface area contributed by atoms with E-state index in [1.165, 1.54) is 0 Å². The average Bonchev–Trinajstić information content (AvgIpc) is 3.02. The third-order valence-corrected chi connectivity index (χ3v) is 5.62. The molecule has 4 rings (SSSR count). The molecule has 1 saturated carbocycles. The highest BCUT2D eigenvalue weighted by atomic mass is 35.5. The first-order valence-electron chi connectivity index (χ1n) is 8.71. The van der Waals surface area contributed by atoms with Crippen molar-refractivity contribution in [2.75, 3.05) is 6.54 Å². The third kappa shape index (κ3) is 2.64. The number of hydrogen-bond acceptors (Lipinski definition) is 4. The molecular weight excluding hydrogens is 354 g/mol. The standard InChI is InChI=1S/C18H18ClN5O2/c1-10-15-17(22-26-10)16-13(19)6-3-7-14(16)24(18(15)25)12-5-2-4-11(8-12)9-21-23-20/h3,6-7,11-12H,2,4-5,8-9H2,1H3/t11-,12+/m1/s1. The van der Waals surface area contributed by atoms with Gasteiger partial charge in [-0.15, -0.1) is 0 Å². The van der Waals surface area contributed by atoms with Gasteiger partial charge in [0.2, 0.25) is 0 Å². The van der Waals surface area contributed by atoms with E-state index in [-0.39, 0.29) is 17.5 Å². The van der Waals surface area contributed by atoms with Crippen LogP contribution >= 0.6 is 11.6 Å². The molecule has 0 amide bonds. The summed E-state index contributed by atoms with van der Waals surface area (Å²) in [5.41, 5.74) is 9.79. The van der Waals surface area contributed by atoms with Crippen molar-refractivity contribution in [1.29, 1.82) is 0 Å². The third-order valence-electron chi connectivity index (χ3n) is 5.31. The number of rotatable bonds is 3. The minimum Gasteiger partial charge on any atom is -0.360 e. The van der Waals surface area contributed by atoms with Gasteiger partial charge in [0, 0.05) is 22.9 Å². The van der Waals surface area contributed by atoms with Crippen molar-refractivity contribution in [3.05, 3.63) is 49.8 Å². The highest BCUT2D eigenvalue weighted by Gasteiger charge is 2.27.